The van der Waals surface area contributed by atoms with E-state index in [1.165, 1.54) is 49.7 Å². The summed E-state index contributed by atoms with van der Waals surface area (Å²) in [6, 6.07) is 4.29. The van der Waals surface area contributed by atoms with Crippen molar-refractivity contribution < 1.29 is 22.7 Å². The average Bonchev–Trinajstić information content (AvgIpc) is 3.67. The van der Waals surface area contributed by atoms with Crippen LogP contribution in [0.25, 0.3) is 16.5 Å². The third-order valence-corrected chi connectivity index (χ3v) is 10.7. The maximum atomic E-state index is 14.2. The molecule has 0 spiro atoms. The van der Waals surface area contributed by atoms with Gasteiger partial charge in [0.25, 0.3) is 10.2 Å². The summed E-state index contributed by atoms with van der Waals surface area (Å²) in [4.78, 5) is 37.3. The molecule has 0 unspecified atom stereocenters. The highest BCUT2D eigenvalue weighted by Crippen LogP contribution is 2.31. The molecule has 1 aromatic carbocycles. The minimum absolute atomic E-state index is 0.00662. The molecular formula is C27H30FN7O5S2. The molecule has 12 nitrogen and oxygen atoms in total. The maximum absolute atomic E-state index is 14.2. The quantitative estimate of drug-likeness (QED) is 0.337. The Hall–Kier alpha value is -3.66. The third kappa shape index (κ3) is 5.32. The van der Waals surface area contributed by atoms with Crippen molar-refractivity contribution in [3.63, 3.8) is 0 Å². The number of nitrogens with zero attached hydrogens (tertiary/aromatic N) is 7. The van der Waals surface area contributed by atoms with E-state index in [0.29, 0.717) is 43.2 Å². The number of hydrogen-bond acceptors (Lipinski definition) is 8. The number of benzene rings is 1. The average molecular weight is 616 g/mol. The van der Waals surface area contributed by atoms with E-state index in [2.05, 4.69) is 9.97 Å². The van der Waals surface area contributed by atoms with Crippen LogP contribution in [0.5, 0.6) is 5.75 Å². The lowest BCUT2D eigenvalue weighted by atomic mass is 10.0. The van der Waals surface area contributed by atoms with Gasteiger partial charge in [-0.25, -0.2) is 18.8 Å². The van der Waals surface area contributed by atoms with Crippen LogP contribution in [0.15, 0.2) is 41.6 Å². The maximum Gasteiger partial charge on any atom is 0.302 e. The molecule has 1 amide bonds. The van der Waals surface area contributed by atoms with Crippen LogP contribution in [0.1, 0.15) is 35.3 Å². The number of carbonyl (C=O) groups is 1. The molecule has 222 valence electrons. The molecule has 2 aliphatic rings. The number of thiazole rings is 1. The largest absolute Gasteiger partial charge is 0.501 e. The first-order chi connectivity index (χ1) is 20.1. The standard InChI is InChI=1S/C27H30FN7O5S2/c1-31-9-11-34(42(31,39)40)16-19-13-20(28)6-5-18(19)14-21-15-29-25(41-21)23-24(37)26(38)35-12-10-33(27(35)30-23)17-22(36)32-7-3-2-4-8-32/h5-6,10,12-13,15,37H,2-4,7-9,11,14,16-17H2,1H3. The molecule has 3 aromatic heterocycles. The first-order valence-corrected chi connectivity index (χ1v) is 15.8. The van der Waals surface area contributed by atoms with E-state index in [1.807, 2.05) is 4.90 Å². The molecule has 0 atom stereocenters. The Bertz CT molecular complexity index is 1830. The fourth-order valence-electron chi connectivity index (χ4n) is 5.36. The van der Waals surface area contributed by atoms with Gasteiger partial charge in [-0.05, 0) is 42.5 Å². The number of aromatic nitrogens is 4. The molecule has 1 N–H and O–H groups in total. The predicted octanol–water partition coefficient (Wildman–Crippen LogP) is 2.06. The zero-order valence-corrected chi connectivity index (χ0v) is 24.6. The Morgan fingerprint density at radius 1 is 1.10 bits per heavy atom. The predicted molar refractivity (Wildman–Crippen MR) is 154 cm³/mol. The number of likely N-dealkylation sites (tertiary alicyclic amines) is 1. The van der Waals surface area contributed by atoms with Crippen LogP contribution >= 0.6 is 11.3 Å². The second kappa shape index (κ2) is 11.2. The van der Waals surface area contributed by atoms with Gasteiger partial charge in [0.2, 0.25) is 17.4 Å². The van der Waals surface area contributed by atoms with Crippen LogP contribution in [0.4, 0.5) is 4.39 Å². The molecule has 0 aliphatic carbocycles. The van der Waals surface area contributed by atoms with E-state index >= 15 is 0 Å². The molecular weight excluding hydrogens is 585 g/mol. The summed E-state index contributed by atoms with van der Waals surface area (Å²) in [5.41, 5.74) is 0.607. The summed E-state index contributed by atoms with van der Waals surface area (Å²) in [7, 11) is -2.09. The van der Waals surface area contributed by atoms with E-state index in [9.17, 15) is 27.5 Å². The SMILES string of the molecule is CN1CCN(Cc2cc(F)ccc2Cc2cnc(-c3nc4n(CC(=O)N5CCCCC5)ccn4c(=O)c3O)s2)S1(=O)=O. The fraction of sp³-hybridized carbons (Fsp3) is 0.407. The third-order valence-electron chi connectivity index (χ3n) is 7.76. The molecule has 42 heavy (non-hydrogen) atoms. The van der Waals surface area contributed by atoms with Crippen molar-refractivity contribution in [2.75, 3.05) is 33.2 Å². The smallest absolute Gasteiger partial charge is 0.302 e. The zero-order chi connectivity index (χ0) is 29.6. The number of carbonyl (C=O) groups excluding carboxylic acids is 1. The molecule has 2 aliphatic heterocycles. The van der Waals surface area contributed by atoms with E-state index in [1.54, 1.807) is 23.0 Å². The summed E-state index contributed by atoms with van der Waals surface area (Å²) in [6.07, 6.45) is 8.03. The highest BCUT2D eigenvalue weighted by atomic mass is 32.2. The monoisotopic (exact) mass is 615 g/mol. The van der Waals surface area contributed by atoms with Crippen LogP contribution in [0, 0.1) is 5.82 Å². The molecule has 5 heterocycles. The fourth-order valence-corrected chi connectivity index (χ4v) is 7.60. The summed E-state index contributed by atoms with van der Waals surface area (Å²) in [5, 5.41) is 11.0. The zero-order valence-electron chi connectivity index (χ0n) is 22.9. The summed E-state index contributed by atoms with van der Waals surface area (Å²) in [6.45, 7) is 2.15. The van der Waals surface area contributed by atoms with Gasteiger partial charge >= 0.3 is 5.56 Å². The summed E-state index contributed by atoms with van der Waals surface area (Å²) in [5.74, 6) is -0.864. The number of fused-ring (bicyclic) bond motifs is 1. The van der Waals surface area contributed by atoms with Crippen LogP contribution in [-0.4, -0.2) is 85.1 Å². The highest BCUT2D eigenvalue weighted by molar-refractivity contribution is 7.86. The molecule has 15 heteroatoms. The molecule has 2 saturated heterocycles. The van der Waals surface area contributed by atoms with Gasteiger partial charge in [-0.2, -0.15) is 17.0 Å². The number of aromatic hydroxyl groups is 1. The number of hydrogen-bond donors (Lipinski definition) is 1. The molecule has 2 fully saturated rings. The van der Waals surface area contributed by atoms with Crippen molar-refractivity contribution >= 4 is 33.2 Å². The Labute approximate surface area is 245 Å². The normalized spacial score (nSPS) is 17.8. The van der Waals surface area contributed by atoms with Crippen LogP contribution < -0.4 is 5.56 Å². The molecule has 0 radical (unpaired) electrons. The molecule has 0 saturated carbocycles. The number of imidazole rings is 1. The van der Waals surface area contributed by atoms with Crippen molar-refractivity contribution in [3.05, 3.63) is 69.0 Å². The van der Waals surface area contributed by atoms with Gasteiger partial charge in [-0.3, -0.25) is 9.59 Å². The Morgan fingerprint density at radius 2 is 1.88 bits per heavy atom. The van der Waals surface area contributed by atoms with Crippen LogP contribution in [0.3, 0.4) is 0 Å². The first kappa shape index (κ1) is 28.5. The van der Waals surface area contributed by atoms with Gasteiger partial charge in [0.1, 0.15) is 17.4 Å². The van der Waals surface area contributed by atoms with Gasteiger partial charge in [0.05, 0.1) is 0 Å². The highest BCUT2D eigenvalue weighted by Gasteiger charge is 2.34. The Balaban J connectivity index is 1.27. The lowest BCUT2D eigenvalue weighted by Gasteiger charge is -2.26. The van der Waals surface area contributed by atoms with E-state index in [0.717, 1.165) is 29.7 Å². The van der Waals surface area contributed by atoms with Crippen LogP contribution in [-0.2, 0) is 34.5 Å². The number of rotatable bonds is 7. The molecule has 4 aromatic rings. The van der Waals surface area contributed by atoms with Crippen molar-refractivity contribution in [1.82, 2.24) is 32.4 Å². The van der Waals surface area contributed by atoms with Crippen molar-refractivity contribution in [2.45, 2.75) is 38.8 Å². The van der Waals surface area contributed by atoms with Crippen molar-refractivity contribution in [1.29, 1.82) is 0 Å². The Kier molecular flexibility index (Phi) is 7.59. The number of likely N-dealkylation sites (N-methyl/N-ethyl adjacent to an activating group) is 1. The number of halogens is 1. The topological polar surface area (TPSA) is 133 Å². The number of piperidine rings is 1. The van der Waals surface area contributed by atoms with Gasteiger partial charge in [-0.1, -0.05) is 6.07 Å². The van der Waals surface area contributed by atoms with Gasteiger partial charge < -0.3 is 14.6 Å². The minimum atomic E-state index is -3.60. The van der Waals surface area contributed by atoms with Crippen molar-refractivity contribution in [3.8, 4) is 16.5 Å². The number of amides is 1. The first-order valence-electron chi connectivity index (χ1n) is 13.6. The molecule has 0 bridgehead atoms. The second-order valence-corrected chi connectivity index (χ2v) is 13.7. The second-order valence-electron chi connectivity index (χ2n) is 10.5. The van der Waals surface area contributed by atoms with Gasteiger partial charge in [-0.15, -0.1) is 11.3 Å². The van der Waals surface area contributed by atoms with Crippen molar-refractivity contribution in [2.24, 2.45) is 0 Å². The summed E-state index contributed by atoms with van der Waals surface area (Å²) >= 11 is 1.21. The minimum Gasteiger partial charge on any atom is -0.501 e. The molecule has 6 rings (SSSR count). The Morgan fingerprint density at radius 3 is 2.62 bits per heavy atom. The lowest BCUT2D eigenvalue weighted by molar-refractivity contribution is -0.132. The van der Waals surface area contributed by atoms with Gasteiger partial charge in [0.15, 0.2) is 5.69 Å². The van der Waals surface area contributed by atoms with Crippen LogP contribution in [0.2, 0.25) is 0 Å². The van der Waals surface area contributed by atoms with E-state index < -0.39 is 27.3 Å². The lowest BCUT2D eigenvalue weighted by Crippen LogP contribution is -2.37. The van der Waals surface area contributed by atoms with Gasteiger partial charge in [0, 0.05) is 69.7 Å². The van der Waals surface area contributed by atoms with E-state index in [4.69, 9.17) is 0 Å². The van der Waals surface area contributed by atoms with E-state index in [-0.39, 0.29) is 30.5 Å². The summed E-state index contributed by atoms with van der Waals surface area (Å²) < 4.78 is 44.7.